The van der Waals surface area contributed by atoms with Crippen molar-refractivity contribution in [3.63, 3.8) is 0 Å². The molecular weight excluding hydrogens is 476 g/mol. The number of nitrogens with one attached hydrogen (secondary N) is 2. The minimum atomic E-state index is 0.609. The number of hydrogen-bond acceptors (Lipinski definition) is 3. The molecule has 6 saturated carbocycles. The SMILES string of the molecule is C1CCC(C2CCCC3C4CC(C5NC6CCCCC6NC5C5CCCCC5)C5CCCCC5C4OC23)CC1. The average Bonchev–Trinajstić information content (AvgIpc) is 3.40. The van der Waals surface area contributed by atoms with E-state index in [9.17, 15) is 0 Å². The van der Waals surface area contributed by atoms with Gasteiger partial charge in [0.2, 0.25) is 0 Å². The van der Waals surface area contributed by atoms with Crippen LogP contribution in [0.1, 0.15) is 141 Å². The lowest BCUT2D eigenvalue weighted by Gasteiger charge is -2.56. The smallest absolute Gasteiger partial charge is 0.0641 e. The van der Waals surface area contributed by atoms with Gasteiger partial charge in [-0.1, -0.05) is 83.5 Å². The second-order valence-corrected chi connectivity index (χ2v) is 16.2. The van der Waals surface area contributed by atoms with Crippen LogP contribution in [0.3, 0.4) is 0 Å². The average molecular weight is 537 g/mol. The summed E-state index contributed by atoms with van der Waals surface area (Å²) in [6, 6.07) is 2.93. The van der Waals surface area contributed by atoms with Crippen molar-refractivity contribution in [3.05, 3.63) is 0 Å². The van der Waals surface area contributed by atoms with E-state index in [4.69, 9.17) is 4.74 Å². The van der Waals surface area contributed by atoms with Crippen molar-refractivity contribution >= 4 is 0 Å². The van der Waals surface area contributed by atoms with Gasteiger partial charge in [0.25, 0.3) is 0 Å². The molecule has 0 aromatic rings. The molecule has 8 fully saturated rings. The fourth-order valence-corrected chi connectivity index (χ4v) is 12.8. The Labute approximate surface area is 240 Å². The minimum Gasteiger partial charge on any atom is -0.374 e. The summed E-state index contributed by atoms with van der Waals surface area (Å²) in [5, 5.41) is 8.95. The van der Waals surface area contributed by atoms with Crippen LogP contribution in [0.15, 0.2) is 0 Å². The van der Waals surface area contributed by atoms with Crippen molar-refractivity contribution in [2.45, 2.75) is 178 Å². The Morgan fingerprint density at radius 2 is 0.872 bits per heavy atom. The maximum absolute atomic E-state index is 7.43. The monoisotopic (exact) mass is 536 g/mol. The van der Waals surface area contributed by atoms with Crippen LogP contribution in [0, 0.1) is 47.3 Å². The molecule has 0 radical (unpaired) electrons. The van der Waals surface area contributed by atoms with E-state index in [0.717, 1.165) is 71.5 Å². The molecule has 2 aliphatic heterocycles. The predicted molar refractivity (Wildman–Crippen MR) is 160 cm³/mol. The van der Waals surface area contributed by atoms with Crippen molar-refractivity contribution in [2.75, 3.05) is 0 Å². The van der Waals surface area contributed by atoms with Crippen LogP contribution >= 0.6 is 0 Å². The molecule has 2 heterocycles. The number of rotatable bonds is 3. The molecule has 6 aliphatic carbocycles. The summed E-state index contributed by atoms with van der Waals surface area (Å²) in [5.41, 5.74) is 0. The molecule has 3 heteroatoms. The number of hydrogen-bond donors (Lipinski definition) is 2. The molecule has 8 aliphatic rings. The van der Waals surface area contributed by atoms with Crippen molar-refractivity contribution in [1.82, 2.24) is 10.6 Å². The molecular formula is C36H60N2O. The summed E-state index contributed by atoms with van der Waals surface area (Å²) in [7, 11) is 0. The molecule has 220 valence electrons. The van der Waals surface area contributed by atoms with Crippen LogP contribution < -0.4 is 10.6 Å². The first-order chi connectivity index (χ1) is 19.3. The molecule has 2 saturated heterocycles. The molecule has 2 N–H and O–H groups in total. The predicted octanol–water partition coefficient (Wildman–Crippen LogP) is 8.01. The molecule has 12 atom stereocenters. The van der Waals surface area contributed by atoms with Crippen LogP contribution in [0.5, 0.6) is 0 Å². The van der Waals surface area contributed by atoms with E-state index in [0.29, 0.717) is 12.2 Å². The van der Waals surface area contributed by atoms with E-state index in [1.54, 1.807) is 0 Å². The Bertz CT molecular complexity index is 819. The van der Waals surface area contributed by atoms with Crippen molar-refractivity contribution in [2.24, 2.45) is 47.3 Å². The van der Waals surface area contributed by atoms with E-state index >= 15 is 0 Å². The second-order valence-electron chi connectivity index (χ2n) is 16.2. The molecule has 12 unspecified atom stereocenters. The summed E-state index contributed by atoms with van der Waals surface area (Å²) < 4.78 is 7.43. The van der Waals surface area contributed by atoms with Gasteiger partial charge in [-0.05, 0) is 105 Å². The third kappa shape index (κ3) is 4.89. The van der Waals surface area contributed by atoms with E-state index in [1.165, 1.54) is 141 Å². The maximum atomic E-state index is 7.43. The Kier molecular flexibility index (Phi) is 7.83. The van der Waals surface area contributed by atoms with Gasteiger partial charge in [-0.3, -0.25) is 0 Å². The first-order valence-electron chi connectivity index (χ1n) is 18.5. The van der Waals surface area contributed by atoms with E-state index in [-0.39, 0.29) is 0 Å². The van der Waals surface area contributed by atoms with Gasteiger partial charge < -0.3 is 15.4 Å². The largest absolute Gasteiger partial charge is 0.374 e. The lowest BCUT2D eigenvalue weighted by atomic mass is 9.55. The van der Waals surface area contributed by atoms with E-state index in [1.807, 2.05) is 0 Å². The molecule has 8 rings (SSSR count). The van der Waals surface area contributed by atoms with Crippen LogP contribution in [0.4, 0.5) is 0 Å². The minimum absolute atomic E-state index is 0.609. The Hall–Kier alpha value is -0.120. The van der Waals surface area contributed by atoms with Gasteiger partial charge in [-0.15, -0.1) is 0 Å². The van der Waals surface area contributed by atoms with Crippen molar-refractivity contribution < 1.29 is 4.74 Å². The van der Waals surface area contributed by atoms with E-state index < -0.39 is 0 Å². The normalized spacial score (nSPS) is 51.4. The van der Waals surface area contributed by atoms with Crippen LogP contribution in [0.2, 0.25) is 0 Å². The molecule has 3 nitrogen and oxygen atoms in total. The molecule has 0 bridgehead atoms. The fourth-order valence-electron chi connectivity index (χ4n) is 12.8. The van der Waals surface area contributed by atoms with Gasteiger partial charge in [-0.25, -0.2) is 0 Å². The Balaban J connectivity index is 1.08. The van der Waals surface area contributed by atoms with Gasteiger partial charge in [0.15, 0.2) is 0 Å². The highest BCUT2D eigenvalue weighted by atomic mass is 16.5. The first-order valence-corrected chi connectivity index (χ1v) is 18.5. The fraction of sp³-hybridized carbons (Fsp3) is 1.00. The Morgan fingerprint density at radius 1 is 0.359 bits per heavy atom. The summed E-state index contributed by atoms with van der Waals surface area (Å²) in [6.07, 6.45) is 33.7. The quantitative estimate of drug-likeness (QED) is 0.383. The summed E-state index contributed by atoms with van der Waals surface area (Å²) >= 11 is 0. The van der Waals surface area contributed by atoms with Gasteiger partial charge in [0.1, 0.15) is 0 Å². The lowest BCUT2D eigenvalue weighted by molar-refractivity contribution is -0.102. The summed E-state index contributed by atoms with van der Waals surface area (Å²) in [5.74, 6) is 7.19. The van der Waals surface area contributed by atoms with Crippen LogP contribution in [-0.4, -0.2) is 36.4 Å². The standard InChI is InChI=1S/C36H60N2O/c1-3-12-23(13-4-1)25-18-11-19-28-30-22-29(26-16-7-8-17-27(26)36(30)39-35(25)28)34-33(24-14-5-2-6-15-24)37-31-20-9-10-21-32(31)38-34/h23-38H,1-22H2. The highest BCUT2D eigenvalue weighted by Gasteiger charge is 2.59. The highest BCUT2D eigenvalue weighted by molar-refractivity contribution is 5.11. The highest BCUT2D eigenvalue weighted by Crippen LogP contribution is 2.59. The van der Waals surface area contributed by atoms with Crippen LogP contribution in [-0.2, 0) is 4.74 Å². The Morgan fingerprint density at radius 3 is 1.62 bits per heavy atom. The molecule has 39 heavy (non-hydrogen) atoms. The zero-order chi connectivity index (χ0) is 25.8. The lowest BCUT2D eigenvalue weighted by Crippen LogP contribution is -2.71. The number of ether oxygens (including phenoxy) is 1. The van der Waals surface area contributed by atoms with Crippen molar-refractivity contribution in [3.8, 4) is 0 Å². The van der Waals surface area contributed by atoms with Crippen LogP contribution in [0.25, 0.3) is 0 Å². The molecule has 0 aromatic carbocycles. The topological polar surface area (TPSA) is 33.3 Å². The molecule has 0 amide bonds. The zero-order valence-corrected chi connectivity index (χ0v) is 25.0. The number of fused-ring (bicyclic) bond motifs is 6. The molecule has 0 spiro atoms. The number of piperazine rings is 1. The summed E-state index contributed by atoms with van der Waals surface area (Å²) in [4.78, 5) is 0. The van der Waals surface area contributed by atoms with Gasteiger partial charge in [-0.2, -0.15) is 0 Å². The van der Waals surface area contributed by atoms with Crippen molar-refractivity contribution in [1.29, 1.82) is 0 Å². The second kappa shape index (κ2) is 11.5. The maximum Gasteiger partial charge on any atom is 0.0641 e. The van der Waals surface area contributed by atoms with Gasteiger partial charge in [0.05, 0.1) is 12.2 Å². The van der Waals surface area contributed by atoms with E-state index in [2.05, 4.69) is 10.6 Å². The zero-order valence-electron chi connectivity index (χ0n) is 25.0. The van der Waals surface area contributed by atoms with Gasteiger partial charge in [0, 0.05) is 24.2 Å². The van der Waals surface area contributed by atoms with Gasteiger partial charge >= 0.3 is 0 Å². The third-order valence-corrected chi connectivity index (χ3v) is 14.4. The summed E-state index contributed by atoms with van der Waals surface area (Å²) in [6.45, 7) is 0. The third-order valence-electron chi connectivity index (χ3n) is 14.4. The first kappa shape index (κ1) is 26.5. The molecule has 0 aromatic heterocycles.